The van der Waals surface area contributed by atoms with E-state index in [9.17, 15) is 5.11 Å². The van der Waals surface area contributed by atoms with Gasteiger partial charge < -0.3 is 14.8 Å². The van der Waals surface area contributed by atoms with Gasteiger partial charge in [0.25, 0.3) is 0 Å². The Morgan fingerprint density at radius 3 is 2.42 bits per heavy atom. The molecule has 4 rings (SSSR count). The third kappa shape index (κ3) is 2.29. The van der Waals surface area contributed by atoms with Crippen molar-refractivity contribution in [3.63, 3.8) is 0 Å². The lowest BCUT2D eigenvalue weighted by molar-refractivity contribution is 0.416. The summed E-state index contributed by atoms with van der Waals surface area (Å²) < 4.78 is 5.54. The Hall–Kier alpha value is -3.27. The molecule has 4 aromatic rings. The van der Waals surface area contributed by atoms with Gasteiger partial charge in [0.2, 0.25) is 0 Å². The first kappa shape index (κ1) is 14.3. The number of hydrogen-bond acceptors (Lipinski definition) is 3. The third-order valence-electron chi connectivity index (χ3n) is 4.06. The van der Waals surface area contributed by atoms with Gasteiger partial charge in [0.1, 0.15) is 17.3 Å². The summed E-state index contributed by atoms with van der Waals surface area (Å²) in [5.41, 5.74) is 4.28. The Morgan fingerprint density at radius 2 is 1.62 bits per heavy atom. The summed E-state index contributed by atoms with van der Waals surface area (Å²) in [5.74, 6) is 1.64. The van der Waals surface area contributed by atoms with Gasteiger partial charge in [-0.1, -0.05) is 42.5 Å². The van der Waals surface area contributed by atoms with Crippen LogP contribution in [-0.4, -0.2) is 22.2 Å². The third-order valence-corrected chi connectivity index (χ3v) is 4.06. The molecule has 3 aromatic carbocycles. The fourth-order valence-electron chi connectivity index (χ4n) is 2.94. The number of hydrogen-bond donors (Lipinski definition) is 2. The van der Waals surface area contributed by atoms with Crippen molar-refractivity contribution in [2.45, 2.75) is 0 Å². The number of nitrogens with one attached hydrogen (secondary N) is 1. The number of ether oxygens (including phenoxy) is 1. The summed E-state index contributed by atoms with van der Waals surface area (Å²) in [5, 5.41) is 10.3. The first-order chi connectivity index (χ1) is 11.8. The zero-order valence-corrected chi connectivity index (χ0v) is 13.2. The van der Waals surface area contributed by atoms with Gasteiger partial charge in [-0.3, -0.25) is 0 Å². The summed E-state index contributed by atoms with van der Waals surface area (Å²) in [6, 6.07) is 20.9. The SMILES string of the molecule is COc1cccc(-c2nc3ccccc3[nH]2)c1-c1ccccc1O. The van der Waals surface area contributed by atoms with Crippen molar-refractivity contribution in [3.8, 4) is 34.0 Å². The monoisotopic (exact) mass is 316 g/mol. The molecule has 0 spiro atoms. The first-order valence-corrected chi connectivity index (χ1v) is 7.68. The van der Waals surface area contributed by atoms with Gasteiger partial charge >= 0.3 is 0 Å². The van der Waals surface area contributed by atoms with Crippen LogP contribution >= 0.6 is 0 Å². The van der Waals surface area contributed by atoms with Crippen molar-refractivity contribution in [3.05, 3.63) is 66.7 Å². The van der Waals surface area contributed by atoms with Crippen molar-refractivity contribution < 1.29 is 9.84 Å². The zero-order chi connectivity index (χ0) is 16.5. The fraction of sp³-hybridized carbons (Fsp3) is 0.0500. The first-order valence-electron chi connectivity index (χ1n) is 7.68. The van der Waals surface area contributed by atoms with Gasteiger partial charge in [0.05, 0.1) is 18.1 Å². The van der Waals surface area contributed by atoms with Crippen molar-refractivity contribution >= 4 is 11.0 Å². The lowest BCUT2D eigenvalue weighted by atomic mass is 9.97. The summed E-state index contributed by atoms with van der Waals surface area (Å²) in [7, 11) is 1.63. The van der Waals surface area contributed by atoms with Gasteiger partial charge in [0.15, 0.2) is 0 Å². The molecule has 4 heteroatoms. The molecule has 0 radical (unpaired) electrons. The van der Waals surface area contributed by atoms with E-state index in [4.69, 9.17) is 4.74 Å². The predicted molar refractivity (Wildman–Crippen MR) is 95.2 cm³/mol. The van der Waals surface area contributed by atoms with Crippen LogP contribution in [-0.2, 0) is 0 Å². The molecule has 0 saturated carbocycles. The van der Waals surface area contributed by atoms with Crippen molar-refractivity contribution in [1.29, 1.82) is 0 Å². The second-order valence-electron chi connectivity index (χ2n) is 5.50. The van der Waals surface area contributed by atoms with Crippen LogP contribution in [0.2, 0.25) is 0 Å². The normalized spacial score (nSPS) is 10.9. The highest BCUT2D eigenvalue weighted by atomic mass is 16.5. The number of rotatable bonds is 3. The molecule has 1 heterocycles. The number of aromatic amines is 1. The average molecular weight is 316 g/mol. The van der Waals surface area contributed by atoms with E-state index in [0.29, 0.717) is 11.3 Å². The predicted octanol–water partition coefficient (Wildman–Crippen LogP) is 4.61. The lowest BCUT2D eigenvalue weighted by Gasteiger charge is -2.14. The van der Waals surface area contributed by atoms with E-state index in [0.717, 1.165) is 28.0 Å². The molecule has 4 nitrogen and oxygen atoms in total. The van der Waals surface area contributed by atoms with E-state index < -0.39 is 0 Å². The van der Waals surface area contributed by atoms with Crippen LogP contribution in [0.4, 0.5) is 0 Å². The summed E-state index contributed by atoms with van der Waals surface area (Å²) in [6.07, 6.45) is 0. The summed E-state index contributed by atoms with van der Waals surface area (Å²) >= 11 is 0. The molecule has 0 fully saturated rings. The number of methoxy groups -OCH3 is 1. The molecule has 0 aliphatic heterocycles. The van der Waals surface area contributed by atoms with Gasteiger partial charge in [-0.15, -0.1) is 0 Å². The molecule has 1 aromatic heterocycles. The van der Waals surface area contributed by atoms with Crippen LogP contribution in [0.5, 0.6) is 11.5 Å². The molecule has 0 atom stereocenters. The van der Waals surface area contributed by atoms with Gasteiger partial charge in [-0.25, -0.2) is 4.98 Å². The highest BCUT2D eigenvalue weighted by molar-refractivity contribution is 5.90. The van der Waals surface area contributed by atoms with E-state index in [1.807, 2.05) is 54.6 Å². The number of imidazole rings is 1. The Kier molecular flexibility index (Phi) is 3.43. The number of phenols is 1. The quantitative estimate of drug-likeness (QED) is 0.580. The molecular formula is C20H16N2O2. The summed E-state index contributed by atoms with van der Waals surface area (Å²) in [4.78, 5) is 8.03. The van der Waals surface area contributed by atoms with Crippen LogP contribution in [0.1, 0.15) is 0 Å². The highest BCUT2D eigenvalue weighted by Gasteiger charge is 2.18. The van der Waals surface area contributed by atoms with E-state index in [1.54, 1.807) is 19.2 Å². The second kappa shape index (κ2) is 5.74. The minimum Gasteiger partial charge on any atom is -0.507 e. The topological polar surface area (TPSA) is 58.1 Å². The van der Waals surface area contributed by atoms with E-state index in [-0.39, 0.29) is 5.75 Å². The number of para-hydroxylation sites is 3. The van der Waals surface area contributed by atoms with Crippen LogP contribution < -0.4 is 4.74 Å². The molecular weight excluding hydrogens is 300 g/mol. The van der Waals surface area contributed by atoms with E-state index in [1.165, 1.54) is 0 Å². The molecule has 0 unspecified atom stereocenters. The average Bonchev–Trinajstić information content (AvgIpc) is 3.05. The minimum absolute atomic E-state index is 0.208. The van der Waals surface area contributed by atoms with E-state index >= 15 is 0 Å². The molecule has 0 bridgehead atoms. The van der Waals surface area contributed by atoms with E-state index in [2.05, 4.69) is 9.97 Å². The molecule has 2 N–H and O–H groups in total. The Labute approximate surface area is 139 Å². The Morgan fingerprint density at radius 1 is 0.875 bits per heavy atom. The maximum Gasteiger partial charge on any atom is 0.139 e. The van der Waals surface area contributed by atoms with Crippen molar-refractivity contribution in [2.75, 3.05) is 7.11 Å². The van der Waals surface area contributed by atoms with Gasteiger partial charge in [-0.2, -0.15) is 0 Å². The maximum atomic E-state index is 10.3. The Balaban J connectivity index is 2.01. The second-order valence-corrected chi connectivity index (χ2v) is 5.50. The number of nitrogens with zero attached hydrogens (tertiary/aromatic N) is 1. The van der Waals surface area contributed by atoms with Crippen LogP contribution in [0.15, 0.2) is 66.7 Å². The zero-order valence-electron chi connectivity index (χ0n) is 13.2. The highest BCUT2D eigenvalue weighted by Crippen LogP contribution is 2.42. The van der Waals surface area contributed by atoms with Crippen molar-refractivity contribution in [1.82, 2.24) is 9.97 Å². The number of phenolic OH excluding ortho intramolecular Hbond substituents is 1. The minimum atomic E-state index is 0.208. The largest absolute Gasteiger partial charge is 0.507 e. The fourth-order valence-corrected chi connectivity index (χ4v) is 2.94. The lowest BCUT2D eigenvalue weighted by Crippen LogP contribution is -1.93. The smallest absolute Gasteiger partial charge is 0.139 e. The van der Waals surface area contributed by atoms with Crippen LogP contribution in [0.3, 0.4) is 0 Å². The molecule has 24 heavy (non-hydrogen) atoms. The molecule has 0 amide bonds. The van der Waals surface area contributed by atoms with Gasteiger partial charge in [-0.05, 0) is 24.3 Å². The summed E-state index contributed by atoms with van der Waals surface area (Å²) in [6.45, 7) is 0. The number of benzene rings is 3. The molecule has 0 aliphatic rings. The number of aromatic hydroxyl groups is 1. The molecule has 118 valence electrons. The number of H-pyrrole nitrogens is 1. The van der Waals surface area contributed by atoms with Crippen LogP contribution in [0.25, 0.3) is 33.5 Å². The molecule has 0 aliphatic carbocycles. The Bertz CT molecular complexity index is 988. The maximum absolute atomic E-state index is 10.3. The molecule has 0 saturated heterocycles. The standard InChI is InChI=1S/C20H16N2O2/c1-24-18-12-6-8-14(19(18)13-7-2-5-11-17(13)23)20-21-15-9-3-4-10-16(15)22-20/h2-12,23H,1H3,(H,21,22). The number of aromatic nitrogens is 2. The number of fused-ring (bicyclic) bond motifs is 1. The van der Waals surface area contributed by atoms with Gasteiger partial charge in [0, 0.05) is 16.7 Å². The van der Waals surface area contributed by atoms with Crippen molar-refractivity contribution in [2.24, 2.45) is 0 Å². The van der Waals surface area contributed by atoms with Crippen LogP contribution in [0, 0.1) is 0 Å².